The number of hydrogen-bond acceptors (Lipinski definition) is 3. The third-order valence-electron chi connectivity index (χ3n) is 2.31. The zero-order chi connectivity index (χ0) is 7.84. The average molecular weight is 156 g/mol. The molecule has 2 heterocycles. The van der Waals surface area contributed by atoms with E-state index in [0.29, 0.717) is 12.5 Å². The van der Waals surface area contributed by atoms with Crippen LogP contribution < -0.4 is 0 Å². The van der Waals surface area contributed by atoms with Crippen LogP contribution in [-0.2, 0) is 14.3 Å². The quantitative estimate of drug-likeness (QED) is 0.440. The van der Waals surface area contributed by atoms with Crippen LogP contribution in [0.2, 0.25) is 0 Å². The predicted molar refractivity (Wildman–Crippen MR) is 38.1 cm³/mol. The van der Waals surface area contributed by atoms with Gasteiger partial charge in [-0.3, -0.25) is 4.79 Å². The van der Waals surface area contributed by atoms with Crippen LogP contribution in [0.15, 0.2) is 0 Å². The van der Waals surface area contributed by atoms with E-state index >= 15 is 0 Å². The molecule has 2 aliphatic heterocycles. The molecule has 0 radical (unpaired) electrons. The summed E-state index contributed by atoms with van der Waals surface area (Å²) in [5.41, 5.74) is 0. The molecule has 2 rings (SSSR count). The van der Waals surface area contributed by atoms with Gasteiger partial charge in [0.05, 0.1) is 6.10 Å². The van der Waals surface area contributed by atoms with Crippen molar-refractivity contribution in [2.45, 2.75) is 44.5 Å². The van der Waals surface area contributed by atoms with Gasteiger partial charge in [-0.15, -0.1) is 0 Å². The summed E-state index contributed by atoms with van der Waals surface area (Å²) in [6, 6.07) is 0. The van der Waals surface area contributed by atoms with Crippen molar-refractivity contribution in [1.82, 2.24) is 0 Å². The van der Waals surface area contributed by atoms with Crippen molar-refractivity contribution in [3.8, 4) is 0 Å². The third kappa shape index (κ3) is 1.25. The number of hydrogen-bond donors (Lipinski definition) is 0. The number of cyclic esters (lactones) is 1. The molecule has 3 heteroatoms. The van der Waals surface area contributed by atoms with Gasteiger partial charge < -0.3 is 9.47 Å². The Bertz CT molecular complexity index is 178. The Hall–Kier alpha value is -0.570. The van der Waals surface area contributed by atoms with Gasteiger partial charge in [-0.25, -0.2) is 0 Å². The molecule has 0 bridgehead atoms. The van der Waals surface area contributed by atoms with Crippen molar-refractivity contribution in [3.63, 3.8) is 0 Å². The van der Waals surface area contributed by atoms with Gasteiger partial charge in [0.2, 0.25) is 0 Å². The molecule has 0 aliphatic carbocycles. The van der Waals surface area contributed by atoms with Crippen LogP contribution in [0.3, 0.4) is 0 Å². The van der Waals surface area contributed by atoms with Crippen molar-refractivity contribution in [3.05, 3.63) is 0 Å². The summed E-state index contributed by atoms with van der Waals surface area (Å²) in [5, 5.41) is 0. The fourth-order valence-corrected chi connectivity index (χ4v) is 1.59. The normalized spacial score (nSPS) is 42.3. The maximum atomic E-state index is 10.7. The minimum atomic E-state index is -0.0691. The van der Waals surface area contributed by atoms with Gasteiger partial charge in [0.25, 0.3) is 0 Å². The lowest BCUT2D eigenvalue weighted by molar-refractivity contribution is -0.142. The van der Waals surface area contributed by atoms with Crippen molar-refractivity contribution in [2.24, 2.45) is 0 Å². The Balaban J connectivity index is 1.84. The van der Waals surface area contributed by atoms with Gasteiger partial charge in [0.15, 0.2) is 0 Å². The number of ether oxygens (including phenoxy) is 2. The highest BCUT2D eigenvalue weighted by Gasteiger charge is 2.47. The smallest absolute Gasteiger partial charge is 0.306 e. The molecule has 3 nitrogen and oxygen atoms in total. The van der Waals surface area contributed by atoms with Crippen LogP contribution >= 0.6 is 0 Å². The van der Waals surface area contributed by atoms with E-state index in [1.165, 1.54) is 0 Å². The molecule has 0 amide bonds. The Morgan fingerprint density at radius 2 is 2.45 bits per heavy atom. The molecule has 62 valence electrons. The van der Waals surface area contributed by atoms with E-state index < -0.39 is 0 Å². The third-order valence-corrected chi connectivity index (χ3v) is 2.31. The zero-order valence-corrected chi connectivity index (χ0v) is 6.58. The van der Waals surface area contributed by atoms with Crippen molar-refractivity contribution in [2.75, 3.05) is 0 Å². The Kier molecular flexibility index (Phi) is 1.60. The van der Waals surface area contributed by atoms with Gasteiger partial charge in [0.1, 0.15) is 12.2 Å². The summed E-state index contributed by atoms with van der Waals surface area (Å²) in [4.78, 5) is 10.7. The first-order valence-corrected chi connectivity index (χ1v) is 4.16. The molecule has 3 atom stereocenters. The topological polar surface area (TPSA) is 38.8 Å². The van der Waals surface area contributed by atoms with Gasteiger partial charge in [-0.1, -0.05) is 6.92 Å². The van der Waals surface area contributed by atoms with E-state index in [1.54, 1.807) is 0 Å². The highest BCUT2D eigenvalue weighted by Crippen LogP contribution is 2.34. The standard InChI is InChI=1S/C8H12O3/c1-2-5-8(11-5)6-3-4-7(9)10-6/h5-6,8H,2-4H2,1H3. The summed E-state index contributed by atoms with van der Waals surface area (Å²) in [5.74, 6) is -0.0691. The van der Waals surface area contributed by atoms with Crippen LogP contribution in [0.5, 0.6) is 0 Å². The van der Waals surface area contributed by atoms with E-state index in [1.807, 2.05) is 0 Å². The van der Waals surface area contributed by atoms with Crippen LogP contribution in [0.4, 0.5) is 0 Å². The van der Waals surface area contributed by atoms with Crippen molar-refractivity contribution < 1.29 is 14.3 Å². The summed E-state index contributed by atoms with van der Waals surface area (Å²) >= 11 is 0. The summed E-state index contributed by atoms with van der Waals surface area (Å²) in [6.07, 6.45) is 3.07. The summed E-state index contributed by atoms with van der Waals surface area (Å²) < 4.78 is 10.4. The molecular weight excluding hydrogens is 144 g/mol. The molecule has 2 saturated heterocycles. The number of carbonyl (C=O) groups excluding carboxylic acids is 1. The molecular formula is C8H12O3. The Morgan fingerprint density at radius 1 is 1.64 bits per heavy atom. The summed E-state index contributed by atoms with van der Waals surface area (Å²) in [6.45, 7) is 2.08. The van der Waals surface area contributed by atoms with Crippen LogP contribution in [-0.4, -0.2) is 24.3 Å². The Labute approximate surface area is 65.7 Å². The second-order valence-corrected chi connectivity index (χ2v) is 3.11. The number of esters is 1. The molecule has 2 fully saturated rings. The molecule has 0 aromatic rings. The van der Waals surface area contributed by atoms with Crippen LogP contribution in [0.25, 0.3) is 0 Å². The lowest BCUT2D eigenvalue weighted by Gasteiger charge is -2.03. The second kappa shape index (κ2) is 2.48. The highest BCUT2D eigenvalue weighted by atomic mass is 16.6. The van der Waals surface area contributed by atoms with Gasteiger partial charge >= 0.3 is 5.97 Å². The van der Waals surface area contributed by atoms with Crippen LogP contribution in [0.1, 0.15) is 26.2 Å². The number of rotatable bonds is 2. The molecule has 0 aromatic heterocycles. The van der Waals surface area contributed by atoms with Crippen molar-refractivity contribution in [1.29, 1.82) is 0 Å². The fraction of sp³-hybridized carbons (Fsp3) is 0.875. The first-order chi connectivity index (χ1) is 5.31. The molecule has 0 N–H and O–H groups in total. The Morgan fingerprint density at radius 3 is 2.91 bits per heavy atom. The number of carbonyl (C=O) groups is 1. The first-order valence-electron chi connectivity index (χ1n) is 4.16. The van der Waals surface area contributed by atoms with E-state index in [9.17, 15) is 4.79 Å². The maximum absolute atomic E-state index is 10.7. The molecule has 0 spiro atoms. The molecule has 0 saturated carbocycles. The molecule has 11 heavy (non-hydrogen) atoms. The lowest BCUT2D eigenvalue weighted by Crippen LogP contribution is -2.16. The SMILES string of the molecule is CCC1OC1C1CCC(=O)O1. The second-order valence-electron chi connectivity index (χ2n) is 3.11. The average Bonchev–Trinajstić information content (AvgIpc) is 2.68. The predicted octanol–water partition coefficient (Wildman–Crippen LogP) is 0.869. The van der Waals surface area contributed by atoms with E-state index in [4.69, 9.17) is 9.47 Å². The van der Waals surface area contributed by atoms with Crippen molar-refractivity contribution >= 4 is 5.97 Å². The molecule has 2 aliphatic rings. The minimum absolute atomic E-state index is 0.0625. The highest BCUT2D eigenvalue weighted by molar-refractivity contribution is 5.71. The minimum Gasteiger partial charge on any atom is -0.459 e. The zero-order valence-electron chi connectivity index (χ0n) is 6.58. The van der Waals surface area contributed by atoms with Gasteiger partial charge in [0, 0.05) is 6.42 Å². The van der Waals surface area contributed by atoms with E-state index in [2.05, 4.69) is 6.92 Å². The van der Waals surface area contributed by atoms with Gasteiger partial charge in [-0.2, -0.15) is 0 Å². The first kappa shape index (κ1) is 7.10. The van der Waals surface area contributed by atoms with Crippen LogP contribution in [0, 0.1) is 0 Å². The summed E-state index contributed by atoms with van der Waals surface area (Å²) in [7, 11) is 0. The van der Waals surface area contributed by atoms with E-state index in [-0.39, 0.29) is 18.2 Å². The van der Waals surface area contributed by atoms with Gasteiger partial charge in [-0.05, 0) is 12.8 Å². The molecule has 3 unspecified atom stereocenters. The fourth-order valence-electron chi connectivity index (χ4n) is 1.59. The van der Waals surface area contributed by atoms with E-state index in [0.717, 1.165) is 12.8 Å². The lowest BCUT2D eigenvalue weighted by atomic mass is 10.1. The number of epoxide rings is 1. The molecule has 0 aromatic carbocycles. The largest absolute Gasteiger partial charge is 0.459 e. The maximum Gasteiger partial charge on any atom is 0.306 e. The monoisotopic (exact) mass is 156 g/mol.